The van der Waals surface area contributed by atoms with Crippen LogP contribution in [0.25, 0.3) is 21.8 Å². The number of fused-ring (bicyclic) bond motifs is 2. The second kappa shape index (κ2) is 7.67. The van der Waals surface area contributed by atoms with Crippen LogP contribution in [0.3, 0.4) is 0 Å². The quantitative estimate of drug-likeness (QED) is 0.509. The summed E-state index contributed by atoms with van der Waals surface area (Å²) >= 11 is 0. The molecule has 0 amide bonds. The molecule has 2 aromatic heterocycles. The average molecular weight is 438 g/mol. The molecule has 1 aliphatic heterocycles. The Morgan fingerprint density at radius 3 is 2.56 bits per heavy atom. The summed E-state index contributed by atoms with van der Waals surface area (Å²) < 4.78 is 24.4. The second-order valence-electron chi connectivity index (χ2n) is 8.71. The number of methoxy groups -OCH3 is 1. The van der Waals surface area contributed by atoms with Gasteiger partial charge in [0.2, 0.25) is 0 Å². The molecule has 0 saturated carbocycles. The van der Waals surface area contributed by atoms with Crippen molar-refractivity contribution in [3.8, 4) is 5.75 Å². The molecule has 32 heavy (non-hydrogen) atoms. The number of rotatable bonds is 4. The van der Waals surface area contributed by atoms with E-state index >= 15 is 4.39 Å². The molecular formula is C23H28FN7O. The Labute approximate surface area is 185 Å². The summed E-state index contributed by atoms with van der Waals surface area (Å²) in [4.78, 5) is 2.23. The van der Waals surface area contributed by atoms with Crippen molar-refractivity contribution in [2.45, 2.75) is 25.9 Å². The maximum absolute atomic E-state index is 15.4. The number of hydrogen-bond acceptors (Lipinski definition) is 6. The van der Waals surface area contributed by atoms with Gasteiger partial charge >= 0.3 is 0 Å². The molecule has 1 fully saturated rings. The Morgan fingerprint density at radius 2 is 1.84 bits per heavy atom. The highest BCUT2D eigenvalue weighted by atomic mass is 19.1. The van der Waals surface area contributed by atoms with Gasteiger partial charge in [-0.3, -0.25) is 9.36 Å². The molecule has 168 valence electrons. The van der Waals surface area contributed by atoms with E-state index in [2.05, 4.69) is 39.6 Å². The standard InChI is InChI=1S/C23H28FN7O/c1-13-10-31(11-14(2)25-13)17-8-18(24)21-19(9-17)30(4)28-23(21)26-16-6-15-12-29(3)27-22(15)20(7-16)32-5/h6-9,12-14,25H,10-11H2,1-5H3,(H,26,28)/t13-,14+. The van der Waals surface area contributed by atoms with E-state index in [1.807, 2.05) is 38.5 Å². The zero-order chi connectivity index (χ0) is 22.6. The van der Waals surface area contributed by atoms with Crippen LogP contribution in [-0.4, -0.2) is 51.8 Å². The number of piperazine rings is 1. The molecule has 0 unspecified atom stereocenters. The number of nitrogens with zero attached hydrogens (tertiary/aromatic N) is 5. The Bertz CT molecular complexity index is 1300. The SMILES string of the molecule is COc1cc(Nc2nn(C)c3cc(N4C[C@@H](C)N[C@@H](C)C4)cc(F)c23)cc2cn(C)nc12. The third-order valence-electron chi connectivity index (χ3n) is 5.98. The number of hydrogen-bond donors (Lipinski definition) is 2. The van der Waals surface area contributed by atoms with Gasteiger partial charge in [0, 0.05) is 68.3 Å². The van der Waals surface area contributed by atoms with Gasteiger partial charge in [-0.25, -0.2) is 4.39 Å². The van der Waals surface area contributed by atoms with Crippen LogP contribution in [0, 0.1) is 5.82 Å². The first-order valence-electron chi connectivity index (χ1n) is 10.8. The van der Waals surface area contributed by atoms with E-state index in [0.29, 0.717) is 29.0 Å². The van der Waals surface area contributed by atoms with Crippen molar-refractivity contribution in [3.63, 3.8) is 0 Å². The van der Waals surface area contributed by atoms with Crippen molar-refractivity contribution >= 4 is 39.0 Å². The van der Waals surface area contributed by atoms with Crippen molar-refractivity contribution in [1.29, 1.82) is 0 Å². The summed E-state index contributed by atoms with van der Waals surface area (Å²) in [6, 6.07) is 8.14. The van der Waals surface area contributed by atoms with Crippen LogP contribution in [0.4, 0.5) is 21.6 Å². The normalized spacial score (nSPS) is 19.1. The number of anilines is 3. The summed E-state index contributed by atoms with van der Waals surface area (Å²) in [6.45, 7) is 5.97. The van der Waals surface area contributed by atoms with Crippen molar-refractivity contribution < 1.29 is 9.13 Å². The first kappa shape index (κ1) is 20.6. The van der Waals surface area contributed by atoms with E-state index in [0.717, 1.165) is 40.9 Å². The van der Waals surface area contributed by atoms with E-state index in [1.54, 1.807) is 22.5 Å². The number of nitrogens with one attached hydrogen (secondary N) is 2. The first-order valence-corrected chi connectivity index (χ1v) is 10.8. The molecule has 2 atom stereocenters. The molecule has 3 heterocycles. The van der Waals surface area contributed by atoms with Gasteiger partial charge in [0.05, 0.1) is 18.0 Å². The van der Waals surface area contributed by atoms with Crippen LogP contribution in [0.15, 0.2) is 30.5 Å². The van der Waals surface area contributed by atoms with Crippen LogP contribution < -0.4 is 20.3 Å². The van der Waals surface area contributed by atoms with Crippen LogP contribution in [0.5, 0.6) is 5.75 Å². The van der Waals surface area contributed by atoms with Crippen molar-refractivity contribution in [2.24, 2.45) is 14.1 Å². The third kappa shape index (κ3) is 3.52. The largest absolute Gasteiger partial charge is 0.494 e. The zero-order valence-corrected chi connectivity index (χ0v) is 19.0. The van der Waals surface area contributed by atoms with Crippen LogP contribution >= 0.6 is 0 Å². The van der Waals surface area contributed by atoms with Crippen LogP contribution in [0.1, 0.15) is 13.8 Å². The molecule has 1 saturated heterocycles. The number of aryl methyl sites for hydroxylation is 2. The highest BCUT2D eigenvalue weighted by Crippen LogP contribution is 2.35. The predicted octanol–water partition coefficient (Wildman–Crippen LogP) is 3.54. The minimum atomic E-state index is -0.290. The van der Waals surface area contributed by atoms with Crippen LogP contribution in [0.2, 0.25) is 0 Å². The molecule has 9 heteroatoms. The number of aromatic nitrogens is 4. The fourth-order valence-electron chi connectivity index (χ4n) is 4.72. The molecule has 2 aromatic carbocycles. The molecule has 0 bridgehead atoms. The van der Waals surface area contributed by atoms with Gasteiger partial charge in [-0.15, -0.1) is 0 Å². The molecule has 8 nitrogen and oxygen atoms in total. The summed E-state index contributed by atoms with van der Waals surface area (Å²) in [5.41, 5.74) is 3.16. The number of benzene rings is 2. The minimum Gasteiger partial charge on any atom is -0.494 e. The molecule has 0 spiro atoms. The maximum atomic E-state index is 15.4. The average Bonchev–Trinajstić information content (AvgIpc) is 3.25. The molecule has 4 aromatic rings. The Morgan fingerprint density at radius 1 is 1.09 bits per heavy atom. The minimum absolute atomic E-state index is 0.290. The Kier molecular flexibility index (Phi) is 4.93. The smallest absolute Gasteiger partial charge is 0.163 e. The Balaban J connectivity index is 1.54. The van der Waals surface area contributed by atoms with Gasteiger partial charge in [0.25, 0.3) is 0 Å². The lowest BCUT2D eigenvalue weighted by Crippen LogP contribution is -2.54. The molecule has 0 radical (unpaired) electrons. The van der Waals surface area contributed by atoms with E-state index < -0.39 is 0 Å². The highest BCUT2D eigenvalue weighted by Gasteiger charge is 2.24. The lowest BCUT2D eigenvalue weighted by molar-refractivity contribution is 0.407. The van der Waals surface area contributed by atoms with Crippen molar-refractivity contribution in [1.82, 2.24) is 24.9 Å². The summed E-state index contributed by atoms with van der Waals surface area (Å²) in [5, 5.41) is 17.2. The van der Waals surface area contributed by atoms with E-state index in [-0.39, 0.29) is 5.82 Å². The third-order valence-corrected chi connectivity index (χ3v) is 5.98. The molecule has 5 rings (SSSR count). The van der Waals surface area contributed by atoms with Crippen LogP contribution in [-0.2, 0) is 14.1 Å². The summed E-state index contributed by atoms with van der Waals surface area (Å²) in [5.74, 6) is 0.829. The van der Waals surface area contributed by atoms with E-state index in [9.17, 15) is 0 Å². The fourth-order valence-corrected chi connectivity index (χ4v) is 4.72. The monoisotopic (exact) mass is 437 g/mol. The topological polar surface area (TPSA) is 72.2 Å². The van der Waals surface area contributed by atoms with Gasteiger partial charge in [0.15, 0.2) is 5.82 Å². The Hall–Kier alpha value is -3.33. The van der Waals surface area contributed by atoms with Gasteiger partial charge in [-0.05, 0) is 32.0 Å². The predicted molar refractivity (Wildman–Crippen MR) is 125 cm³/mol. The maximum Gasteiger partial charge on any atom is 0.163 e. The molecular weight excluding hydrogens is 409 g/mol. The lowest BCUT2D eigenvalue weighted by atomic mass is 10.1. The lowest BCUT2D eigenvalue weighted by Gasteiger charge is -2.37. The first-order chi connectivity index (χ1) is 15.3. The van der Waals surface area contributed by atoms with Crippen molar-refractivity contribution in [2.75, 3.05) is 30.4 Å². The molecule has 0 aliphatic carbocycles. The molecule has 2 N–H and O–H groups in total. The molecule has 1 aliphatic rings. The summed E-state index contributed by atoms with van der Waals surface area (Å²) in [6.07, 6.45) is 1.92. The van der Waals surface area contributed by atoms with E-state index in [4.69, 9.17) is 4.74 Å². The highest BCUT2D eigenvalue weighted by molar-refractivity contribution is 5.96. The summed E-state index contributed by atoms with van der Waals surface area (Å²) in [7, 11) is 5.32. The van der Waals surface area contributed by atoms with Gasteiger partial charge in [-0.2, -0.15) is 10.2 Å². The number of ether oxygens (including phenoxy) is 1. The van der Waals surface area contributed by atoms with E-state index in [1.165, 1.54) is 0 Å². The zero-order valence-electron chi connectivity index (χ0n) is 19.0. The second-order valence-corrected chi connectivity index (χ2v) is 8.71. The fraction of sp³-hybridized carbons (Fsp3) is 0.391. The van der Waals surface area contributed by atoms with Gasteiger partial charge in [0.1, 0.15) is 17.1 Å². The van der Waals surface area contributed by atoms with Crippen molar-refractivity contribution in [3.05, 3.63) is 36.3 Å². The number of halogens is 1. The van der Waals surface area contributed by atoms with Gasteiger partial charge in [-0.1, -0.05) is 0 Å². The van der Waals surface area contributed by atoms with Gasteiger partial charge < -0.3 is 20.3 Å².